The summed E-state index contributed by atoms with van der Waals surface area (Å²) in [6.07, 6.45) is 3.25. The van der Waals surface area contributed by atoms with Crippen molar-refractivity contribution < 1.29 is 14.1 Å². The van der Waals surface area contributed by atoms with E-state index in [0.29, 0.717) is 28.0 Å². The summed E-state index contributed by atoms with van der Waals surface area (Å²) in [5, 5.41) is 11.3. The highest BCUT2D eigenvalue weighted by molar-refractivity contribution is 5.79. The Labute approximate surface area is 136 Å². The average molecular weight is 323 g/mol. The molecule has 6 nitrogen and oxygen atoms in total. The molecule has 1 aromatic heterocycles. The molecule has 0 bridgehead atoms. The van der Waals surface area contributed by atoms with Crippen LogP contribution in [0.4, 0.5) is 5.69 Å². The minimum Gasteiger partial charge on any atom is -0.497 e. The van der Waals surface area contributed by atoms with Gasteiger partial charge in [-0.3, -0.25) is 14.9 Å². The van der Waals surface area contributed by atoms with Gasteiger partial charge in [-0.1, -0.05) is 18.2 Å². The second-order valence-corrected chi connectivity index (χ2v) is 5.06. The minimum absolute atomic E-state index is 0.00171. The molecule has 2 aromatic carbocycles. The van der Waals surface area contributed by atoms with E-state index < -0.39 is 4.92 Å². The van der Waals surface area contributed by atoms with Gasteiger partial charge in [0.25, 0.3) is 5.69 Å². The number of nitrogens with zero attached hydrogens (tertiary/aromatic N) is 1. The molecule has 3 aromatic rings. The maximum absolute atomic E-state index is 12.1. The van der Waals surface area contributed by atoms with E-state index in [0.717, 1.165) is 0 Å². The first kappa shape index (κ1) is 15.5. The molecule has 1 heterocycles. The van der Waals surface area contributed by atoms with Gasteiger partial charge in [0.1, 0.15) is 17.1 Å². The predicted octanol–water partition coefficient (Wildman–Crippen LogP) is 3.88. The number of benzene rings is 2. The third-order valence-electron chi connectivity index (χ3n) is 3.48. The summed E-state index contributed by atoms with van der Waals surface area (Å²) >= 11 is 0. The van der Waals surface area contributed by atoms with E-state index >= 15 is 0 Å². The van der Waals surface area contributed by atoms with Gasteiger partial charge in [-0.05, 0) is 23.8 Å². The molecular weight excluding hydrogens is 310 g/mol. The number of rotatable bonds is 4. The van der Waals surface area contributed by atoms with Crippen molar-refractivity contribution in [2.24, 2.45) is 0 Å². The van der Waals surface area contributed by atoms with Crippen LogP contribution in [0.15, 0.2) is 57.7 Å². The van der Waals surface area contributed by atoms with Gasteiger partial charge in [0.15, 0.2) is 5.43 Å². The molecule has 0 saturated heterocycles. The standard InChI is InChI=1S/C18H13NO5/c1-23-14-7-8-16-17(20)10-15(24-18(16)11-14)6-5-12-3-2-4-13(9-12)19(21)22/h2-11H,1H3. The molecular formula is C18H13NO5. The predicted molar refractivity (Wildman–Crippen MR) is 91.1 cm³/mol. The second kappa shape index (κ2) is 6.37. The van der Waals surface area contributed by atoms with E-state index in [1.165, 1.54) is 25.3 Å². The highest BCUT2D eigenvalue weighted by Gasteiger charge is 2.06. The van der Waals surface area contributed by atoms with Crippen LogP contribution >= 0.6 is 0 Å². The number of nitro benzene ring substituents is 1. The fourth-order valence-corrected chi connectivity index (χ4v) is 2.28. The largest absolute Gasteiger partial charge is 0.497 e. The fraction of sp³-hybridized carbons (Fsp3) is 0.0556. The van der Waals surface area contributed by atoms with Crippen molar-refractivity contribution in [2.75, 3.05) is 7.11 Å². The summed E-state index contributed by atoms with van der Waals surface area (Å²) in [5.41, 5.74) is 0.887. The summed E-state index contributed by atoms with van der Waals surface area (Å²) in [7, 11) is 1.53. The first-order chi connectivity index (χ1) is 11.6. The summed E-state index contributed by atoms with van der Waals surface area (Å²) in [6.45, 7) is 0. The number of hydrogen-bond donors (Lipinski definition) is 0. The van der Waals surface area contributed by atoms with E-state index in [1.54, 1.807) is 42.5 Å². The summed E-state index contributed by atoms with van der Waals surface area (Å²) in [6, 6.07) is 12.5. The van der Waals surface area contributed by atoms with Gasteiger partial charge in [0, 0.05) is 24.3 Å². The van der Waals surface area contributed by atoms with E-state index in [2.05, 4.69) is 0 Å². The molecule has 0 fully saturated rings. The van der Waals surface area contributed by atoms with Gasteiger partial charge in [-0.2, -0.15) is 0 Å². The first-order valence-electron chi connectivity index (χ1n) is 7.11. The molecule has 3 rings (SSSR count). The number of non-ortho nitro benzene ring substituents is 1. The van der Waals surface area contributed by atoms with Crippen LogP contribution in [0.5, 0.6) is 5.75 Å². The van der Waals surface area contributed by atoms with Crippen LogP contribution in [0.2, 0.25) is 0 Å². The third-order valence-corrected chi connectivity index (χ3v) is 3.48. The lowest BCUT2D eigenvalue weighted by Gasteiger charge is -2.02. The van der Waals surface area contributed by atoms with Gasteiger partial charge >= 0.3 is 0 Å². The van der Waals surface area contributed by atoms with E-state index in [9.17, 15) is 14.9 Å². The molecule has 0 atom stereocenters. The van der Waals surface area contributed by atoms with Crippen molar-refractivity contribution in [3.63, 3.8) is 0 Å². The molecule has 0 spiro atoms. The van der Waals surface area contributed by atoms with Crippen LogP contribution in [0.3, 0.4) is 0 Å². The summed E-state index contributed by atoms with van der Waals surface area (Å²) < 4.78 is 10.8. The summed E-state index contributed by atoms with van der Waals surface area (Å²) in [4.78, 5) is 22.5. The zero-order valence-electron chi connectivity index (χ0n) is 12.8. The second-order valence-electron chi connectivity index (χ2n) is 5.06. The van der Waals surface area contributed by atoms with Gasteiger partial charge in [0.2, 0.25) is 0 Å². The molecule has 0 saturated carbocycles. The van der Waals surface area contributed by atoms with Crippen molar-refractivity contribution in [3.05, 3.63) is 80.2 Å². The Balaban J connectivity index is 1.99. The molecule has 0 aliphatic heterocycles. The normalized spacial score (nSPS) is 11.0. The van der Waals surface area contributed by atoms with Crippen molar-refractivity contribution in [1.82, 2.24) is 0 Å². The summed E-state index contributed by atoms with van der Waals surface area (Å²) in [5.74, 6) is 0.942. The topological polar surface area (TPSA) is 82.6 Å². The first-order valence-corrected chi connectivity index (χ1v) is 7.11. The van der Waals surface area contributed by atoms with Crippen LogP contribution < -0.4 is 10.2 Å². The maximum atomic E-state index is 12.1. The SMILES string of the molecule is COc1ccc2c(=O)cc(C=Cc3cccc([N+](=O)[O-])c3)oc2c1. The van der Waals surface area contributed by atoms with Gasteiger partial charge < -0.3 is 9.15 Å². The van der Waals surface area contributed by atoms with Crippen LogP contribution in [0.1, 0.15) is 11.3 Å². The van der Waals surface area contributed by atoms with Crippen LogP contribution in [0, 0.1) is 10.1 Å². The van der Waals surface area contributed by atoms with Gasteiger partial charge in [-0.25, -0.2) is 0 Å². The Kier molecular flexibility index (Phi) is 4.11. The Hall–Kier alpha value is -3.41. The minimum atomic E-state index is -0.459. The van der Waals surface area contributed by atoms with E-state index in [1.807, 2.05) is 0 Å². The van der Waals surface area contributed by atoms with Crippen LogP contribution in [-0.4, -0.2) is 12.0 Å². The Morgan fingerprint density at radius 2 is 1.96 bits per heavy atom. The number of ether oxygens (including phenoxy) is 1. The third kappa shape index (κ3) is 3.17. The van der Waals surface area contributed by atoms with Crippen molar-refractivity contribution in [2.45, 2.75) is 0 Å². The average Bonchev–Trinajstić information content (AvgIpc) is 2.59. The lowest BCUT2D eigenvalue weighted by atomic mass is 10.1. The molecule has 0 radical (unpaired) electrons. The molecule has 120 valence electrons. The van der Waals surface area contributed by atoms with Crippen molar-refractivity contribution in [3.8, 4) is 5.75 Å². The van der Waals surface area contributed by atoms with Gasteiger partial charge in [-0.15, -0.1) is 0 Å². The van der Waals surface area contributed by atoms with Crippen molar-refractivity contribution >= 4 is 28.8 Å². The van der Waals surface area contributed by atoms with E-state index in [-0.39, 0.29) is 11.1 Å². The lowest BCUT2D eigenvalue weighted by molar-refractivity contribution is -0.384. The highest BCUT2D eigenvalue weighted by Crippen LogP contribution is 2.21. The molecule has 0 aliphatic rings. The van der Waals surface area contributed by atoms with Crippen LogP contribution in [0.25, 0.3) is 23.1 Å². The number of nitro groups is 1. The van der Waals surface area contributed by atoms with E-state index in [4.69, 9.17) is 9.15 Å². The molecule has 0 aliphatic carbocycles. The van der Waals surface area contributed by atoms with Gasteiger partial charge in [0.05, 0.1) is 17.4 Å². The lowest BCUT2D eigenvalue weighted by Crippen LogP contribution is -2.00. The highest BCUT2D eigenvalue weighted by atomic mass is 16.6. The Bertz CT molecular complexity index is 1000. The maximum Gasteiger partial charge on any atom is 0.270 e. The Morgan fingerprint density at radius 1 is 1.12 bits per heavy atom. The molecule has 0 N–H and O–H groups in total. The quantitative estimate of drug-likeness (QED) is 0.537. The smallest absolute Gasteiger partial charge is 0.270 e. The fourth-order valence-electron chi connectivity index (χ4n) is 2.28. The number of fused-ring (bicyclic) bond motifs is 1. The Morgan fingerprint density at radius 3 is 2.71 bits per heavy atom. The zero-order valence-corrected chi connectivity index (χ0v) is 12.8. The number of hydrogen-bond acceptors (Lipinski definition) is 5. The zero-order chi connectivity index (χ0) is 17.1. The van der Waals surface area contributed by atoms with Crippen LogP contribution in [-0.2, 0) is 0 Å². The monoisotopic (exact) mass is 323 g/mol. The van der Waals surface area contributed by atoms with Crippen molar-refractivity contribution in [1.29, 1.82) is 0 Å². The molecule has 6 heteroatoms. The molecule has 24 heavy (non-hydrogen) atoms. The molecule has 0 amide bonds. The molecule has 0 unspecified atom stereocenters. The number of methoxy groups -OCH3 is 1.